The summed E-state index contributed by atoms with van der Waals surface area (Å²) in [7, 11) is 1.49. The van der Waals surface area contributed by atoms with Gasteiger partial charge in [0.25, 0.3) is 0 Å². The van der Waals surface area contributed by atoms with Crippen LogP contribution in [-0.2, 0) is 13.0 Å². The number of nitrogens with zero attached hydrogens (tertiary/aromatic N) is 2. The van der Waals surface area contributed by atoms with Crippen LogP contribution in [0.5, 0.6) is 11.5 Å². The van der Waals surface area contributed by atoms with Crippen molar-refractivity contribution in [1.29, 1.82) is 0 Å². The number of aryl methyl sites for hydroxylation is 1. The first-order chi connectivity index (χ1) is 9.60. The maximum atomic E-state index is 9.97. The zero-order valence-corrected chi connectivity index (χ0v) is 12.1. The molecule has 0 aliphatic carbocycles. The molecule has 0 atom stereocenters. The molecular weight excluding hydrogens is 282 g/mol. The lowest BCUT2D eigenvalue weighted by atomic mass is 10.2. The van der Waals surface area contributed by atoms with Crippen molar-refractivity contribution in [2.24, 2.45) is 0 Å². The van der Waals surface area contributed by atoms with E-state index >= 15 is 0 Å². The molecule has 0 amide bonds. The standard InChI is InChI=1S/C13H16ClN3O3/c1-8-16-12(20-17-8)3-4-15-7-9-5-10(14)6-11(19-2)13(9)18/h5-6,15,18H,3-4,7H2,1-2H3. The molecule has 0 radical (unpaired) electrons. The van der Waals surface area contributed by atoms with Crippen LogP contribution >= 0.6 is 11.6 Å². The second-order valence-electron chi connectivity index (χ2n) is 4.28. The fourth-order valence-corrected chi connectivity index (χ4v) is 2.01. The summed E-state index contributed by atoms with van der Waals surface area (Å²) in [5, 5.41) is 17.4. The van der Waals surface area contributed by atoms with Gasteiger partial charge in [0, 0.05) is 36.2 Å². The SMILES string of the molecule is COc1cc(Cl)cc(CNCCc2nc(C)no2)c1O. The molecule has 6 nitrogen and oxygen atoms in total. The van der Waals surface area contributed by atoms with E-state index in [0.29, 0.717) is 47.6 Å². The summed E-state index contributed by atoms with van der Waals surface area (Å²) in [5.41, 5.74) is 0.677. The molecule has 1 aromatic carbocycles. The molecule has 2 N–H and O–H groups in total. The number of nitrogens with one attached hydrogen (secondary N) is 1. The van der Waals surface area contributed by atoms with Gasteiger partial charge in [0.1, 0.15) is 0 Å². The van der Waals surface area contributed by atoms with Gasteiger partial charge >= 0.3 is 0 Å². The number of aromatic hydroxyl groups is 1. The van der Waals surface area contributed by atoms with Crippen molar-refractivity contribution < 1.29 is 14.4 Å². The lowest BCUT2D eigenvalue weighted by Crippen LogP contribution is -2.17. The first-order valence-electron chi connectivity index (χ1n) is 6.15. The summed E-state index contributed by atoms with van der Waals surface area (Å²) in [6.07, 6.45) is 0.624. The van der Waals surface area contributed by atoms with Gasteiger partial charge in [-0.15, -0.1) is 0 Å². The topological polar surface area (TPSA) is 80.4 Å². The minimum Gasteiger partial charge on any atom is -0.504 e. The number of methoxy groups -OCH3 is 1. The average Bonchev–Trinajstić information content (AvgIpc) is 2.83. The number of phenolic OH excluding ortho intramolecular Hbond substituents is 1. The zero-order chi connectivity index (χ0) is 14.5. The molecule has 0 aliphatic rings. The third kappa shape index (κ3) is 3.61. The second-order valence-corrected chi connectivity index (χ2v) is 4.71. The Labute approximate surface area is 121 Å². The largest absolute Gasteiger partial charge is 0.504 e. The van der Waals surface area contributed by atoms with Crippen LogP contribution < -0.4 is 10.1 Å². The van der Waals surface area contributed by atoms with Crippen molar-refractivity contribution in [2.45, 2.75) is 19.9 Å². The summed E-state index contributed by atoms with van der Waals surface area (Å²) in [5.74, 6) is 1.67. The van der Waals surface area contributed by atoms with Crippen molar-refractivity contribution >= 4 is 11.6 Å². The predicted octanol–water partition coefficient (Wildman–Crippen LogP) is 2.08. The molecule has 1 heterocycles. The van der Waals surface area contributed by atoms with Crippen LogP contribution in [0.25, 0.3) is 0 Å². The van der Waals surface area contributed by atoms with Crippen molar-refractivity contribution in [3.8, 4) is 11.5 Å². The van der Waals surface area contributed by atoms with Crippen LogP contribution in [0.1, 0.15) is 17.3 Å². The molecule has 0 saturated heterocycles. The van der Waals surface area contributed by atoms with Crippen LogP contribution in [0.4, 0.5) is 0 Å². The minimum atomic E-state index is 0.0954. The normalized spacial score (nSPS) is 10.8. The van der Waals surface area contributed by atoms with E-state index < -0.39 is 0 Å². The van der Waals surface area contributed by atoms with E-state index in [4.69, 9.17) is 20.9 Å². The summed E-state index contributed by atoms with van der Waals surface area (Å²) >= 11 is 5.96. The van der Waals surface area contributed by atoms with Gasteiger partial charge in [0.05, 0.1) is 7.11 Å². The summed E-state index contributed by atoms with van der Waals surface area (Å²) < 4.78 is 10.1. The molecule has 108 valence electrons. The number of halogens is 1. The lowest BCUT2D eigenvalue weighted by molar-refractivity contribution is 0.367. The number of hydrogen-bond acceptors (Lipinski definition) is 6. The fourth-order valence-electron chi connectivity index (χ4n) is 1.78. The van der Waals surface area contributed by atoms with E-state index in [-0.39, 0.29) is 5.75 Å². The molecule has 0 unspecified atom stereocenters. The number of aromatic nitrogens is 2. The van der Waals surface area contributed by atoms with Crippen molar-refractivity contribution in [3.63, 3.8) is 0 Å². The Kier molecular flexibility index (Phi) is 4.81. The quantitative estimate of drug-likeness (QED) is 0.795. The Balaban J connectivity index is 1.89. The van der Waals surface area contributed by atoms with E-state index in [1.165, 1.54) is 7.11 Å². The Morgan fingerprint density at radius 2 is 2.25 bits per heavy atom. The van der Waals surface area contributed by atoms with E-state index in [2.05, 4.69) is 15.5 Å². The monoisotopic (exact) mass is 297 g/mol. The van der Waals surface area contributed by atoms with E-state index in [1.807, 2.05) is 0 Å². The highest BCUT2D eigenvalue weighted by atomic mass is 35.5. The third-order valence-corrected chi connectivity index (χ3v) is 2.96. The smallest absolute Gasteiger partial charge is 0.227 e. The van der Waals surface area contributed by atoms with E-state index in [1.54, 1.807) is 19.1 Å². The molecular formula is C13H16ClN3O3. The highest BCUT2D eigenvalue weighted by molar-refractivity contribution is 6.30. The van der Waals surface area contributed by atoms with Crippen LogP contribution in [0.3, 0.4) is 0 Å². The molecule has 2 aromatic rings. The van der Waals surface area contributed by atoms with Gasteiger partial charge in [-0.25, -0.2) is 0 Å². The average molecular weight is 298 g/mol. The van der Waals surface area contributed by atoms with Gasteiger partial charge in [0.2, 0.25) is 5.89 Å². The third-order valence-electron chi connectivity index (χ3n) is 2.74. The fraction of sp³-hybridized carbons (Fsp3) is 0.385. The molecule has 0 saturated carbocycles. The molecule has 0 spiro atoms. The van der Waals surface area contributed by atoms with Crippen molar-refractivity contribution in [3.05, 3.63) is 34.4 Å². The second kappa shape index (κ2) is 6.58. The summed E-state index contributed by atoms with van der Waals surface area (Å²) in [4.78, 5) is 4.11. The summed E-state index contributed by atoms with van der Waals surface area (Å²) in [6, 6.07) is 3.27. The van der Waals surface area contributed by atoms with Gasteiger partial charge in [0.15, 0.2) is 17.3 Å². The molecule has 20 heavy (non-hydrogen) atoms. The highest BCUT2D eigenvalue weighted by Crippen LogP contribution is 2.33. The van der Waals surface area contributed by atoms with Crippen LogP contribution in [0.2, 0.25) is 5.02 Å². The lowest BCUT2D eigenvalue weighted by Gasteiger charge is -2.10. The maximum absolute atomic E-state index is 9.97. The number of rotatable bonds is 6. The highest BCUT2D eigenvalue weighted by Gasteiger charge is 2.10. The number of benzene rings is 1. The number of phenols is 1. The van der Waals surface area contributed by atoms with Crippen molar-refractivity contribution in [2.75, 3.05) is 13.7 Å². The zero-order valence-electron chi connectivity index (χ0n) is 11.3. The minimum absolute atomic E-state index is 0.0954. The number of ether oxygens (including phenoxy) is 1. The Morgan fingerprint density at radius 1 is 1.45 bits per heavy atom. The number of hydrogen-bond donors (Lipinski definition) is 2. The van der Waals surface area contributed by atoms with Crippen LogP contribution in [0, 0.1) is 6.92 Å². The van der Waals surface area contributed by atoms with Gasteiger partial charge in [-0.2, -0.15) is 4.98 Å². The maximum Gasteiger partial charge on any atom is 0.227 e. The first kappa shape index (κ1) is 14.6. The Morgan fingerprint density at radius 3 is 2.90 bits per heavy atom. The molecule has 0 aliphatic heterocycles. The molecule has 2 rings (SSSR count). The van der Waals surface area contributed by atoms with Gasteiger partial charge in [-0.1, -0.05) is 16.8 Å². The van der Waals surface area contributed by atoms with Gasteiger partial charge in [-0.3, -0.25) is 0 Å². The first-order valence-corrected chi connectivity index (χ1v) is 6.53. The van der Waals surface area contributed by atoms with Gasteiger partial charge < -0.3 is 19.7 Å². The van der Waals surface area contributed by atoms with Crippen molar-refractivity contribution in [1.82, 2.24) is 15.5 Å². The van der Waals surface area contributed by atoms with E-state index in [0.717, 1.165) is 0 Å². The Bertz CT molecular complexity index is 586. The van der Waals surface area contributed by atoms with Crippen LogP contribution in [-0.4, -0.2) is 28.9 Å². The van der Waals surface area contributed by atoms with Crippen LogP contribution in [0.15, 0.2) is 16.7 Å². The molecule has 0 fully saturated rings. The predicted molar refractivity (Wildman–Crippen MR) is 74.1 cm³/mol. The van der Waals surface area contributed by atoms with Gasteiger partial charge in [-0.05, 0) is 13.0 Å². The van der Waals surface area contributed by atoms with E-state index in [9.17, 15) is 5.11 Å². The molecule has 0 bridgehead atoms. The molecule has 7 heteroatoms. The Hall–Kier alpha value is -1.79. The summed E-state index contributed by atoms with van der Waals surface area (Å²) in [6.45, 7) is 2.89. The molecule has 1 aromatic heterocycles.